The van der Waals surface area contributed by atoms with E-state index in [0.717, 1.165) is 27.7 Å². The number of likely N-dealkylation sites (N-methyl/N-ethyl adjacent to an activating group) is 1. The van der Waals surface area contributed by atoms with Crippen LogP contribution in [0, 0.1) is 30.9 Å². The lowest BCUT2D eigenvalue weighted by Gasteiger charge is -2.13. The fourth-order valence-electron chi connectivity index (χ4n) is 2.64. The molecule has 0 radical (unpaired) electrons. The van der Waals surface area contributed by atoms with Gasteiger partial charge < -0.3 is 9.64 Å². The summed E-state index contributed by atoms with van der Waals surface area (Å²) >= 11 is 0. The molecule has 0 amide bonds. The molecule has 2 aromatic rings. The first-order valence-corrected chi connectivity index (χ1v) is 10.3. The van der Waals surface area contributed by atoms with Gasteiger partial charge in [-0.1, -0.05) is 6.07 Å². The number of hydrogen-bond acceptors (Lipinski definition) is 5. The molecule has 9 heteroatoms. The van der Waals surface area contributed by atoms with Crippen molar-refractivity contribution in [3.63, 3.8) is 0 Å². The summed E-state index contributed by atoms with van der Waals surface area (Å²) in [5.41, 5.74) is 2.43. The number of ether oxygens (including phenoxy) is 1. The monoisotopic (exact) mass is 408 g/mol. The maximum atomic E-state index is 12.4. The molecular weight excluding hydrogens is 382 g/mol. The van der Waals surface area contributed by atoms with Crippen LogP contribution < -0.4 is 14.4 Å². The summed E-state index contributed by atoms with van der Waals surface area (Å²) in [6, 6.07) is 7.44. The van der Waals surface area contributed by atoms with Crippen LogP contribution in [-0.2, 0) is 10.0 Å². The van der Waals surface area contributed by atoms with Crippen LogP contribution in [0.25, 0.3) is 0 Å². The van der Waals surface area contributed by atoms with E-state index < -0.39 is 20.6 Å². The Morgan fingerprint density at radius 1 is 1.11 bits per heavy atom. The van der Waals surface area contributed by atoms with E-state index in [-0.39, 0.29) is 17.2 Å². The summed E-state index contributed by atoms with van der Waals surface area (Å²) in [5, 5.41) is 11.5. The zero-order chi connectivity index (χ0) is 21.1. The number of sulfonamides is 1. The Morgan fingerprint density at radius 3 is 2.39 bits per heavy atom. The SMILES string of the molecule is Cc1cc(C)c(C)c(Oc2ccc(S(=O)(=O)NCC[NH+](C)C)cc2[N+](=O)[O-])c1. The minimum absolute atomic E-state index is 0.00483. The molecule has 2 N–H and O–H groups in total. The molecule has 0 heterocycles. The number of quaternary nitrogens is 1. The van der Waals surface area contributed by atoms with Gasteiger partial charge in [-0.25, -0.2) is 13.1 Å². The normalized spacial score (nSPS) is 11.6. The number of hydrogen-bond donors (Lipinski definition) is 2. The predicted octanol–water partition coefficient (Wildman–Crippen LogP) is 1.74. The number of rotatable bonds is 8. The lowest BCUT2D eigenvalue weighted by atomic mass is 10.1. The molecule has 28 heavy (non-hydrogen) atoms. The van der Waals surface area contributed by atoms with Crippen LogP contribution in [0.1, 0.15) is 16.7 Å². The maximum Gasteiger partial charge on any atom is 0.312 e. The number of nitrogens with one attached hydrogen (secondary N) is 2. The molecule has 8 nitrogen and oxygen atoms in total. The first-order valence-electron chi connectivity index (χ1n) is 8.84. The summed E-state index contributed by atoms with van der Waals surface area (Å²) in [6.07, 6.45) is 0. The Bertz CT molecular complexity index is 987. The third-order valence-corrected chi connectivity index (χ3v) is 5.80. The summed E-state index contributed by atoms with van der Waals surface area (Å²) < 4.78 is 33.1. The highest BCUT2D eigenvalue weighted by Gasteiger charge is 2.23. The average Bonchev–Trinajstić information content (AvgIpc) is 2.58. The molecule has 0 saturated carbocycles. The summed E-state index contributed by atoms with van der Waals surface area (Å²) in [5.74, 6) is 0.498. The number of nitro groups is 1. The highest BCUT2D eigenvalue weighted by atomic mass is 32.2. The minimum Gasteiger partial charge on any atom is -0.450 e. The van der Waals surface area contributed by atoms with Crippen LogP contribution in [0.15, 0.2) is 35.2 Å². The second kappa shape index (κ2) is 8.68. The molecule has 0 aliphatic rings. The zero-order valence-corrected chi connectivity index (χ0v) is 17.5. The van der Waals surface area contributed by atoms with Crippen molar-refractivity contribution in [1.29, 1.82) is 0 Å². The molecule has 0 aromatic heterocycles. The van der Waals surface area contributed by atoms with Crippen LogP contribution >= 0.6 is 0 Å². The Labute approximate surface area is 165 Å². The van der Waals surface area contributed by atoms with Gasteiger partial charge in [0.1, 0.15) is 5.75 Å². The lowest BCUT2D eigenvalue weighted by Crippen LogP contribution is -3.06. The Hall–Kier alpha value is -2.49. The molecule has 152 valence electrons. The van der Waals surface area contributed by atoms with Gasteiger partial charge in [-0.15, -0.1) is 0 Å². The molecule has 0 saturated heterocycles. The van der Waals surface area contributed by atoms with E-state index >= 15 is 0 Å². The second-order valence-electron chi connectivity index (χ2n) is 7.05. The summed E-state index contributed by atoms with van der Waals surface area (Å²) in [6.45, 7) is 6.53. The Morgan fingerprint density at radius 2 is 1.79 bits per heavy atom. The summed E-state index contributed by atoms with van der Waals surface area (Å²) in [4.78, 5) is 11.8. The van der Waals surface area contributed by atoms with Gasteiger partial charge in [-0.3, -0.25) is 10.1 Å². The van der Waals surface area contributed by atoms with Crippen molar-refractivity contribution in [1.82, 2.24) is 4.72 Å². The first-order chi connectivity index (χ1) is 13.0. The number of nitro benzene ring substituents is 1. The van der Waals surface area contributed by atoms with Crippen molar-refractivity contribution in [2.24, 2.45) is 0 Å². The standard InChI is InChI=1S/C19H25N3O5S/c1-13-10-14(2)15(3)19(11-13)27-18-7-6-16(12-17(18)22(23)24)28(25,26)20-8-9-21(4)5/h6-7,10-12,20H,8-9H2,1-5H3/p+1. The number of aryl methyl sites for hydroxylation is 2. The topological polar surface area (TPSA) is 103 Å². The van der Waals surface area contributed by atoms with Crippen LogP contribution in [0.4, 0.5) is 5.69 Å². The maximum absolute atomic E-state index is 12.4. The van der Waals surface area contributed by atoms with Gasteiger partial charge in [0.25, 0.3) is 0 Å². The zero-order valence-electron chi connectivity index (χ0n) is 16.7. The van der Waals surface area contributed by atoms with Crippen molar-refractivity contribution in [3.8, 4) is 11.5 Å². The molecule has 0 unspecified atom stereocenters. The molecule has 2 rings (SSSR count). The Kier molecular flexibility index (Phi) is 6.76. The van der Waals surface area contributed by atoms with Gasteiger partial charge >= 0.3 is 5.69 Å². The Balaban J connectivity index is 2.37. The van der Waals surface area contributed by atoms with Crippen LogP contribution in [-0.4, -0.2) is 40.5 Å². The van der Waals surface area contributed by atoms with Gasteiger partial charge in [-0.2, -0.15) is 0 Å². The van der Waals surface area contributed by atoms with E-state index in [1.807, 2.05) is 40.9 Å². The van der Waals surface area contributed by atoms with E-state index in [4.69, 9.17) is 4.74 Å². The molecule has 0 fully saturated rings. The van der Waals surface area contributed by atoms with Crippen LogP contribution in [0.3, 0.4) is 0 Å². The fraction of sp³-hybridized carbons (Fsp3) is 0.368. The van der Waals surface area contributed by atoms with Gasteiger partial charge in [0.05, 0.1) is 37.0 Å². The van der Waals surface area contributed by atoms with Crippen molar-refractivity contribution in [3.05, 3.63) is 57.1 Å². The summed E-state index contributed by atoms with van der Waals surface area (Å²) in [7, 11) is -0.0404. The second-order valence-corrected chi connectivity index (χ2v) is 8.82. The number of benzene rings is 2. The molecule has 0 spiro atoms. The molecule has 0 aliphatic heterocycles. The van der Waals surface area contributed by atoms with Crippen molar-refractivity contribution in [2.45, 2.75) is 25.7 Å². The van der Waals surface area contributed by atoms with E-state index in [2.05, 4.69) is 4.72 Å². The van der Waals surface area contributed by atoms with Crippen LogP contribution in [0.5, 0.6) is 11.5 Å². The molecule has 0 bridgehead atoms. The van der Waals surface area contributed by atoms with Gasteiger partial charge in [0.2, 0.25) is 15.8 Å². The molecule has 0 atom stereocenters. The molecular formula is C19H26N3O5S+. The molecule has 0 aliphatic carbocycles. The van der Waals surface area contributed by atoms with Crippen molar-refractivity contribution in [2.75, 3.05) is 27.2 Å². The van der Waals surface area contributed by atoms with E-state index in [1.54, 1.807) is 6.07 Å². The van der Waals surface area contributed by atoms with E-state index in [9.17, 15) is 18.5 Å². The number of nitrogens with zero attached hydrogens (tertiary/aromatic N) is 1. The predicted molar refractivity (Wildman–Crippen MR) is 107 cm³/mol. The van der Waals surface area contributed by atoms with E-state index in [0.29, 0.717) is 12.3 Å². The fourth-order valence-corrected chi connectivity index (χ4v) is 3.69. The van der Waals surface area contributed by atoms with E-state index in [1.165, 1.54) is 12.1 Å². The largest absolute Gasteiger partial charge is 0.450 e. The van der Waals surface area contributed by atoms with Crippen LogP contribution in [0.2, 0.25) is 0 Å². The lowest BCUT2D eigenvalue weighted by molar-refractivity contribution is -0.856. The highest BCUT2D eigenvalue weighted by molar-refractivity contribution is 7.89. The van der Waals surface area contributed by atoms with Gasteiger partial charge in [0, 0.05) is 6.07 Å². The first kappa shape index (κ1) is 21.8. The van der Waals surface area contributed by atoms with Gasteiger partial charge in [0.15, 0.2) is 0 Å². The molecule has 2 aromatic carbocycles. The van der Waals surface area contributed by atoms with Crippen molar-refractivity contribution >= 4 is 15.7 Å². The average molecular weight is 409 g/mol. The smallest absolute Gasteiger partial charge is 0.312 e. The minimum atomic E-state index is -3.85. The highest BCUT2D eigenvalue weighted by Crippen LogP contribution is 2.35. The third-order valence-electron chi connectivity index (χ3n) is 4.34. The third kappa shape index (κ3) is 5.28. The van der Waals surface area contributed by atoms with Gasteiger partial charge in [-0.05, 0) is 55.7 Å². The van der Waals surface area contributed by atoms with Crippen molar-refractivity contribution < 1.29 is 23.0 Å². The quantitative estimate of drug-likeness (QED) is 0.512.